The van der Waals surface area contributed by atoms with Crippen LogP contribution in [0.1, 0.15) is 16.0 Å². The molecule has 0 saturated carbocycles. The molecule has 1 atom stereocenters. The Labute approximate surface area is 139 Å². The minimum atomic E-state index is -0.0272. The first-order chi connectivity index (χ1) is 8.00. The van der Waals surface area contributed by atoms with E-state index in [1.807, 2.05) is 24.3 Å². The Kier molecular flexibility index (Phi) is 5.01. The number of benzene rings is 1. The van der Waals surface area contributed by atoms with E-state index >= 15 is 0 Å². The van der Waals surface area contributed by atoms with Crippen molar-refractivity contribution in [2.24, 2.45) is 0 Å². The number of thiophene rings is 1. The summed E-state index contributed by atoms with van der Waals surface area (Å²) < 4.78 is 2.12. The number of rotatable bonds is 2. The topological polar surface area (TPSA) is 0 Å². The smallest absolute Gasteiger partial charge is 0.0757 e. The summed E-state index contributed by atoms with van der Waals surface area (Å²) in [6.07, 6.45) is 0. The van der Waals surface area contributed by atoms with Crippen LogP contribution in [0.15, 0.2) is 31.8 Å². The van der Waals surface area contributed by atoms with E-state index in [0.29, 0.717) is 10.0 Å². The minimum Gasteiger partial charge on any atom is -0.121 e. The minimum absolute atomic E-state index is 0.0272. The summed E-state index contributed by atoms with van der Waals surface area (Å²) in [5, 5.41) is 1.32. The van der Waals surface area contributed by atoms with Crippen molar-refractivity contribution in [3.63, 3.8) is 0 Å². The standard InChI is InChI=1S/C11H5Br3Cl2S/c12-8-4-5(11(14)17-8)10(13)9-6(15)2-1-3-7(9)16/h1-4,10H. The maximum atomic E-state index is 6.20. The Morgan fingerprint density at radius 2 is 1.71 bits per heavy atom. The van der Waals surface area contributed by atoms with Gasteiger partial charge in [0.15, 0.2) is 0 Å². The number of hydrogen-bond donors (Lipinski definition) is 0. The van der Waals surface area contributed by atoms with Crippen LogP contribution in [0.2, 0.25) is 10.0 Å². The molecule has 0 aliphatic carbocycles. The highest BCUT2D eigenvalue weighted by Gasteiger charge is 2.21. The molecule has 2 rings (SSSR count). The van der Waals surface area contributed by atoms with E-state index in [1.54, 1.807) is 11.3 Å². The molecule has 0 radical (unpaired) electrons. The van der Waals surface area contributed by atoms with Gasteiger partial charge in [-0.15, -0.1) is 11.3 Å². The first-order valence-electron chi connectivity index (χ1n) is 4.53. The van der Waals surface area contributed by atoms with Crippen LogP contribution in [-0.2, 0) is 0 Å². The Balaban J connectivity index is 2.51. The molecule has 90 valence electrons. The van der Waals surface area contributed by atoms with Crippen LogP contribution in [0.5, 0.6) is 0 Å². The largest absolute Gasteiger partial charge is 0.121 e. The molecule has 0 nitrogen and oxygen atoms in total. The van der Waals surface area contributed by atoms with Crippen molar-refractivity contribution in [2.75, 3.05) is 0 Å². The number of hydrogen-bond acceptors (Lipinski definition) is 1. The Hall–Kier alpha value is 0.940. The third-order valence-electron chi connectivity index (χ3n) is 2.21. The summed E-state index contributed by atoms with van der Waals surface area (Å²) in [5.41, 5.74) is 2.00. The van der Waals surface area contributed by atoms with Gasteiger partial charge in [-0.1, -0.05) is 45.2 Å². The summed E-state index contributed by atoms with van der Waals surface area (Å²) in [6.45, 7) is 0. The second kappa shape index (κ2) is 5.93. The van der Waals surface area contributed by atoms with Crippen molar-refractivity contribution in [3.8, 4) is 0 Å². The van der Waals surface area contributed by atoms with Gasteiger partial charge in [-0.2, -0.15) is 0 Å². The summed E-state index contributed by atoms with van der Waals surface area (Å²) in [5.74, 6) is 0. The van der Waals surface area contributed by atoms with Crippen molar-refractivity contribution in [3.05, 3.63) is 53.0 Å². The number of alkyl halides is 1. The van der Waals surface area contributed by atoms with Crippen LogP contribution in [-0.4, -0.2) is 0 Å². The highest BCUT2D eigenvalue weighted by Crippen LogP contribution is 2.45. The molecular weight excluding hydrogens is 475 g/mol. The van der Waals surface area contributed by atoms with Crippen LogP contribution in [0.3, 0.4) is 0 Å². The first kappa shape index (κ1) is 14.4. The second-order valence-electron chi connectivity index (χ2n) is 3.28. The molecule has 1 heterocycles. The Morgan fingerprint density at radius 1 is 1.12 bits per heavy atom. The maximum absolute atomic E-state index is 6.20. The molecule has 0 amide bonds. The Bertz CT molecular complexity index is 533. The van der Waals surface area contributed by atoms with Gasteiger partial charge in [0.1, 0.15) is 0 Å². The van der Waals surface area contributed by atoms with E-state index in [4.69, 9.17) is 23.2 Å². The average Bonchev–Trinajstić information content (AvgIpc) is 2.57. The molecular formula is C11H5Br3Cl2S. The van der Waals surface area contributed by atoms with Crippen LogP contribution in [0.25, 0.3) is 0 Å². The van der Waals surface area contributed by atoms with Gasteiger partial charge >= 0.3 is 0 Å². The van der Waals surface area contributed by atoms with Crippen LogP contribution < -0.4 is 0 Å². The maximum Gasteiger partial charge on any atom is 0.0757 e. The van der Waals surface area contributed by atoms with E-state index < -0.39 is 0 Å². The zero-order valence-electron chi connectivity index (χ0n) is 8.18. The summed E-state index contributed by atoms with van der Waals surface area (Å²) in [4.78, 5) is -0.0272. The average molecular weight is 480 g/mol. The molecule has 0 aliphatic heterocycles. The van der Waals surface area contributed by atoms with Gasteiger partial charge in [0.2, 0.25) is 0 Å². The fraction of sp³-hybridized carbons (Fsp3) is 0.0909. The van der Waals surface area contributed by atoms with Gasteiger partial charge < -0.3 is 0 Å². The SMILES string of the molecule is Clc1cccc(Cl)c1C(Br)c1cc(Br)sc1Br. The van der Waals surface area contributed by atoms with Crippen LogP contribution in [0, 0.1) is 0 Å². The van der Waals surface area contributed by atoms with Crippen molar-refractivity contribution in [1.29, 1.82) is 0 Å². The van der Waals surface area contributed by atoms with Gasteiger partial charge in [-0.3, -0.25) is 0 Å². The number of halogens is 5. The fourth-order valence-corrected chi connectivity index (χ4v) is 6.53. The Morgan fingerprint density at radius 3 is 2.18 bits per heavy atom. The first-order valence-corrected chi connectivity index (χ1v) is 8.61. The lowest BCUT2D eigenvalue weighted by Gasteiger charge is -2.13. The molecule has 17 heavy (non-hydrogen) atoms. The predicted octanol–water partition coefficient (Wildman–Crippen LogP) is 7.06. The second-order valence-corrected chi connectivity index (χ2v) is 8.76. The van der Waals surface area contributed by atoms with E-state index in [9.17, 15) is 0 Å². The van der Waals surface area contributed by atoms with E-state index in [2.05, 4.69) is 47.8 Å². The fourth-order valence-electron chi connectivity index (χ4n) is 1.43. The van der Waals surface area contributed by atoms with E-state index in [0.717, 1.165) is 18.7 Å². The van der Waals surface area contributed by atoms with Crippen LogP contribution >= 0.6 is 82.3 Å². The normalized spacial score (nSPS) is 12.8. The highest BCUT2D eigenvalue weighted by atomic mass is 79.9. The zero-order valence-corrected chi connectivity index (χ0v) is 15.3. The van der Waals surface area contributed by atoms with Crippen molar-refractivity contribution >= 4 is 82.3 Å². The molecule has 0 spiro atoms. The van der Waals surface area contributed by atoms with E-state index in [1.165, 1.54) is 0 Å². The van der Waals surface area contributed by atoms with Gasteiger partial charge in [0, 0.05) is 15.6 Å². The molecule has 1 aromatic heterocycles. The molecule has 6 heteroatoms. The van der Waals surface area contributed by atoms with Gasteiger partial charge in [0.25, 0.3) is 0 Å². The van der Waals surface area contributed by atoms with Crippen molar-refractivity contribution in [1.82, 2.24) is 0 Å². The predicted molar refractivity (Wildman–Crippen MR) is 87.0 cm³/mol. The summed E-state index contributed by atoms with van der Waals surface area (Å²) >= 11 is 24.7. The molecule has 0 bridgehead atoms. The van der Waals surface area contributed by atoms with Crippen LogP contribution in [0.4, 0.5) is 0 Å². The molecule has 1 unspecified atom stereocenters. The molecule has 0 N–H and O–H groups in total. The third-order valence-corrected chi connectivity index (χ3v) is 6.21. The molecule has 1 aromatic carbocycles. The monoisotopic (exact) mass is 476 g/mol. The lowest BCUT2D eigenvalue weighted by atomic mass is 10.1. The van der Waals surface area contributed by atoms with Crippen molar-refractivity contribution in [2.45, 2.75) is 4.83 Å². The lowest BCUT2D eigenvalue weighted by Crippen LogP contribution is -1.94. The molecule has 2 aromatic rings. The third kappa shape index (κ3) is 3.10. The molecule has 0 saturated heterocycles. The van der Waals surface area contributed by atoms with Gasteiger partial charge in [-0.25, -0.2) is 0 Å². The quantitative estimate of drug-likeness (QED) is 0.404. The lowest BCUT2D eigenvalue weighted by molar-refractivity contribution is 1.18. The van der Waals surface area contributed by atoms with Crippen molar-refractivity contribution < 1.29 is 0 Å². The van der Waals surface area contributed by atoms with E-state index in [-0.39, 0.29) is 4.83 Å². The van der Waals surface area contributed by atoms with Gasteiger partial charge in [0.05, 0.1) is 12.4 Å². The summed E-state index contributed by atoms with van der Waals surface area (Å²) in [7, 11) is 0. The zero-order chi connectivity index (χ0) is 12.6. The summed E-state index contributed by atoms with van der Waals surface area (Å²) in [6, 6.07) is 7.57. The molecule has 0 aliphatic rings. The van der Waals surface area contributed by atoms with Gasteiger partial charge in [-0.05, 0) is 55.6 Å². The molecule has 0 fully saturated rings. The highest BCUT2D eigenvalue weighted by molar-refractivity contribution is 9.12.